The van der Waals surface area contributed by atoms with E-state index in [0.29, 0.717) is 17.4 Å². The molecule has 0 aliphatic carbocycles. The second kappa shape index (κ2) is 8.25. The lowest BCUT2D eigenvalue weighted by Gasteiger charge is -2.34. The quantitative estimate of drug-likeness (QED) is 0.716. The van der Waals surface area contributed by atoms with Gasteiger partial charge in [0.05, 0.1) is 23.4 Å². The molecule has 1 saturated heterocycles. The molecule has 27 heavy (non-hydrogen) atoms. The average Bonchev–Trinajstić information content (AvgIpc) is 3.17. The molecule has 6 nitrogen and oxygen atoms in total. The van der Waals surface area contributed by atoms with E-state index in [1.165, 1.54) is 18.4 Å². The summed E-state index contributed by atoms with van der Waals surface area (Å²) in [6.45, 7) is 2.00. The highest BCUT2D eigenvalue weighted by atomic mass is 32.1. The van der Waals surface area contributed by atoms with Crippen molar-refractivity contribution in [3.63, 3.8) is 0 Å². The molecule has 1 fully saturated rings. The van der Waals surface area contributed by atoms with Crippen LogP contribution in [-0.4, -0.2) is 26.4 Å². The Kier molecular flexibility index (Phi) is 5.37. The number of piperidine rings is 1. The highest BCUT2D eigenvalue weighted by Gasteiger charge is 2.26. The van der Waals surface area contributed by atoms with Crippen molar-refractivity contribution in [1.29, 1.82) is 5.26 Å². The summed E-state index contributed by atoms with van der Waals surface area (Å²) in [4.78, 5) is 15.7. The third kappa shape index (κ3) is 4.30. The van der Waals surface area contributed by atoms with E-state index in [-0.39, 0.29) is 0 Å². The summed E-state index contributed by atoms with van der Waals surface area (Å²) in [6.07, 6.45) is 8.90. The van der Waals surface area contributed by atoms with Gasteiger partial charge in [0, 0.05) is 30.5 Å². The fourth-order valence-electron chi connectivity index (χ4n) is 3.41. The van der Waals surface area contributed by atoms with E-state index in [2.05, 4.69) is 43.8 Å². The molecule has 0 radical (unpaired) electrons. The Morgan fingerprint density at radius 3 is 2.96 bits per heavy atom. The fraction of sp³-hybridized carbons (Fsp3) is 0.300. The highest BCUT2D eigenvalue weighted by molar-refractivity contribution is 7.13. The van der Waals surface area contributed by atoms with Gasteiger partial charge < -0.3 is 5.32 Å². The van der Waals surface area contributed by atoms with Gasteiger partial charge in [-0.15, -0.1) is 11.3 Å². The summed E-state index contributed by atoms with van der Waals surface area (Å²) in [5.41, 5.74) is 2.97. The molecule has 136 valence electrons. The molecule has 7 heteroatoms. The predicted octanol–water partition coefficient (Wildman–Crippen LogP) is 4.28. The molecule has 4 heterocycles. The molecule has 1 unspecified atom stereocenters. The topological polar surface area (TPSA) is 77.7 Å². The molecule has 0 bridgehead atoms. The Balaban J connectivity index is 1.49. The first-order chi connectivity index (χ1) is 13.3. The van der Waals surface area contributed by atoms with Crippen LogP contribution in [0.3, 0.4) is 0 Å². The summed E-state index contributed by atoms with van der Waals surface area (Å²) < 4.78 is 0. The van der Waals surface area contributed by atoms with Crippen molar-refractivity contribution in [2.75, 3.05) is 11.9 Å². The molecule has 0 aromatic carbocycles. The van der Waals surface area contributed by atoms with E-state index in [1.54, 1.807) is 29.7 Å². The number of pyridine rings is 2. The smallest absolute Gasteiger partial charge is 0.188 e. The lowest BCUT2D eigenvalue weighted by atomic mass is 9.99. The first kappa shape index (κ1) is 17.6. The van der Waals surface area contributed by atoms with Crippen LogP contribution in [0.2, 0.25) is 0 Å². The number of aromatic nitrogens is 3. The number of nitrogens with one attached hydrogen (secondary N) is 1. The van der Waals surface area contributed by atoms with E-state index in [4.69, 9.17) is 10.2 Å². The number of thiazole rings is 1. The van der Waals surface area contributed by atoms with Gasteiger partial charge in [-0.05, 0) is 49.2 Å². The largest absolute Gasteiger partial charge is 0.316 e. The highest BCUT2D eigenvalue weighted by Crippen LogP contribution is 2.34. The molecule has 0 spiro atoms. The van der Waals surface area contributed by atoms with Crippen molar-refractivity contribution in [2.45, 2.75) is 31.8 Å². The Morgan fingerprint density at radius 1 is 1.22 bits per heavy atom. The molecule has 3 aromatic rings. The third-order valence-corrected chi connectivity index (χ3v) is 5.51. The second-order valence-electron chi connectivity index (χ2n) is 6.58. The van der Waals surface area contributed by atoms with Crippen LogP contribution in [-0.2, 0) is 6.54 Å². The van der Waals surface area contributed by atoms with Gasteiger partial charge in [0.25, 0.3) is 0 Å². The van der Waals surface area contributed by atoms with Crippen molar-refractivity contribution in [3.05, 3.63) is 65.1 Å². The van der Waals surface area contributed by atoms with Gasteiger partial charge in [0.1, 0.15) is 5.82 Å². The number of nitriles is 1. The zero-order valence-electron chi connectivity index (χ0n) is 14.9. The second-order valence-corrected chi connectivity index (χ2v) is 7.44. The molecule has 0 amide bonds. The number of anilines is 2. The molecule has 0 saturated carbocycles. The Morgan fingerprint density at radius 2 is 2.11 bits per heavy atom. The number of nitrogens with zero attached hydrogens (tertiary/aromatic N) is 5. The van der Waals surface area contributed by atoms with Crippen molar-refractivity contribution in [3.8, 4) is 6.07 Å². The normalized spacial score (nSPS) is 17.4. The lowest BCUT2D eigenvalue weighted by molar-refractivity contribution is 0.138. The van der Waals surface area contributed by atoms with Crippen LogP contribution in [0.5, 0.6) is 0 Å². The Hall–Kier alpha value is -2.82. The van der Waals surface area contributed by atoms with Crippen LogP contribution in [0, 0.1) is 11.3 Å². The SMILES string of the molecule is N#Cc1ccnc(Nc2nc(C3CCCCN3Cc3ccncc3)cs2)c1. The van der Waals surface area contributed by atoms with E-state index >= 15 is 0 Å². The minimum Gasteiger partial charge on any atom is -0.316 e. The van der Waals surface area contributed by atoms with Gasteiger partial charge in [-0.25, -0.2) is 9.97 Å². The van der Waals surface area contributed by atoms with Crippen molar-refractivity contribution < 1.29 is 0 Å². The maximum absolute atomic E-state index is 9.02. The maximum atomic E-state index is 9.02. The van der Waals surface area contributed by atoms with E-state index in [9.17, 15) is 0 Å². The molecule has 1 atom stereocenters. The summed E-state index contributed by atoms with van der Waals surface area (Å²) in [6, 6.07) is 10.0. The predicted molar refractivity (Wildman–Crippen MR) is 106 cm³/mol. The minimum atomic E-state index is 0.331. The number of likely N-dealkylation sites (tertiary alicyclic amines) is 1. The lowest BCUT2D eigenvalue weighted by Crippen LogP contribution is -2.33. The number of hydrogen-bond donors (Lipinski definition) is 1. The van der Waals surface area contributed by atoms with Crippen LogP contribution >= 0.6 is 11.3 Å². The van der Waals surface area contributed by atoms with Crippen molar-refractivity contribution in [1.82, 2.24) is 19.9 Å². The van der Waals surface area contributed by atoms with E-state index < -0.39 is 0 Å². The molecular formula is C20H20N6S. The van der Waals surface area contributed by atoms with Crippen molar-refractivity contribution >= 4 is 22.3 Å². The van der Waals surface area contributed by atoms with Gasteiger partial charge in [-0.2, -0.15) is 5.26 Å². The van der Waals surface area contributed by atoms with Gasteiger partial charge in [0.15, 0.2) is 5.13 Å². The molecule has 4 rings (SSSR count). The summed E-state index contributed by atoms with van der Waals surface area (Å²) in [5, 5.41) is 15.2. The van der Waals surface area contributed by atoms with Crippen molar-refractivity contribution in [2.24, 2.45) is 0 Å². The number of hydrogen-bond acceptors (Lipinski definition) is 7. The maximum Gasteiger partial charge on any atom is 0.188 e. The average molecular weight is 376 g/mol. The summed E-state index contributed by atoms with van der Waals surface area (Å²) in [7, 11) is 0. The third-order valence-electron chi connectivity index (χ3n) is 4.74. The molecular weight excluding hydrogens is 356 g/mol. The molecule has 1 aliphatic heterocycles. The molecule has 3 aromatic heterocycles. The molecule has 1 aliphatic rings. The zero-order chi connectivity index (χ0) is 18.5. The fourth-order valence-corrected chi connectivity index (χ4v) is 4.18. The number of rotatable bonds is 5. The monoisotopic (exact) mass is 376 g/mol. The van der Waals surface area contributed by atoms with Crippen LogP contribution in [0.25, 0.3) is 0 Å². The standard InChI is InChI=1S/C20H20N6S/c21-12-16-6-9-23-19(11-16)25-20-24-17(14-27-20)18-3-1-2-10-26(18)13-15-4-7-22-8-5-15/h4-9,11,14,18H,1-3,10,13H2,(H,23,24,25). The van der Waals surface area contributed by atoms with Gasteiger partial charge in [-0.1, -0.05) is 6.42 Å². The minimum absolute atomic E-state index is 0.331. The van der Waals surface area contributed by atoms with Crippen LogP contribution in [0.15, 0.2) is 48.2 Å². The van der Waals surface area contributed by atoms with Crippen LogP contribution in [0.1, 0.15) is 42.1 Å². The first-order valence-electron chi connectivity index (χ1n) is 9.03. The van der Waals surface area contributed by atoms with E-state index in [1.807, 2.05) is 12.4 Å². The molecule has 1 N–H and O–H groups in total. The van der Waals surface area contributed by atoms with Gasteiger partial charge in [0.2, 0.25) is 0 Å². The summed E-state index contributed by atoms with van der Waals surface area (Å²) >= 11 is 1.58. The Bertz CT molecular complexity index is 933. The Labute approximate surface area is 162 Å². The van der Waals surface area contributed by atoms with Crippen LogP contribution in [0.4, 0.5) is 10.9 Å². The van der Waals surface area contributed by atoms with Gasteiger partial charge >= 0.3 is 0 Å². The zero-order valence-corrected chi connectivity index (χ0v) is 15.7. The van der Waals surface area contributed by atoms with E-state index in [0.717, 1.165) is 30.3 Å². The van der Waals surface area contributed by atoms with Crippen LogP contribution < -0.4 is 5.32 Å². The summed E-state index contributed by atoms with van der Waals surface area (Å²) in [5.74, 6) is 0.646. The van der Waals surface area contributed by atoms with Gasteiger partial charge in [-0.3, -0.25) is 9.88 Å². The first-order valence-corrected chi connectivity index (χ1v) is 9.91.